The number of carbonyl (C=O) groups excluding carboxylic acids is 3. The van der Waals surface area contributed by atoms with E-state index in [1.807, 2.05) is 4.90 Å². The normalized spacial score (nSPS) is 29.9. The maximum Gasteiger partial charge on any atom is 0.276 e. The highest BCUT2D eigenvalue weighted by molar-refractivity contribution is 5.92. The van der Waals surface area contributed by atoms with Gasteiger partial charge in [-0.2, -0.15) is 0 Å². The summed E-state index contributed by atoms with van der Waals surface area (Å²) in [6.45, 7) is 12.6. The first-order chi connectivity index (χ1) is 17.6. The molecule has 0 saturated carbocycles. The van der Waals surface area contributed by atoms with Crippen molar-refractivity contribution in [3.8, 4) is 0 Å². The Morgan fingerprint density at radius 1 is 1.14 bits per heavy atom. The lowest BCUT2D eigenvalue weighted by atomic mass is 9.77. The molecule has 3 amide bonds. The Hall–Kier alpha value is -2.38. The van der Waals surface area contributed by atoms with Crippen LogP contribution in [0.1, 0.15) is 95.8 Å². The van der Waals surface area contributed by atoms with Crippen LogP contribution >= 0.6 is 0 Å². The van der Waals surface area contributed by atoms with Crippen molar-refractivity contribution in [2.24, 2.45) is 29.6 Å². The number of amides is 3. The van der Waals surface area contributed by atoms with E-state index in [0.29, 0.717) is 50.0 Å². The second-order valence-electron chi connectivity index (χ2n) is 12.7. The highest BCUT2D eigenvalue weighted by Gasteiger charge is 2.44. The molecule has 8 nitrogen and oxygen atoms in total. The van der Waals surface area contributed by atoms with Gasteiger partial charge in [0.25, 0.3) is 5.91 Å². The lowest BCUT2D eigenvalue weighted by Gasteiger charge is -2.51. The molecule has 206 valence electrons. The summed E-state index contributed by atoms with van der Waals surface area (Å²) in [5.41, 5.74) is 0.378. The Morgan fingerprint density at radius 2 is 1.92 bits per heavy atom. The molecule has 0 unspecified atom stereocenters. The van der Waals surface area contributed by atoms with Crippen molar-refractivity contribution in [3.63, 3.8) is 0 Å². The second-order valence-corrected chi connectivity index (χ2v) is 12.7. The average molecular weight is 515 g/mol. The van der Waals surface area contributed by atoms with Gasteiger partial charge in [-0.1, -0.05) is 39.8 Å². The fourth-order valence-electron chi connectivity index (χ4n) is 6.55. The first-order valence-corrected chi connectivity index (χ1v) is 14.4. The molecule has 0 spiro atoms. The number of nitrogens with zero attached hydrogens (tertiary/aromatic N) is 3. The van der Waals surface area contributed by atoms with Crippen LogP contribution in [0.4, 0.5) is 0 Å². The van der Waals surface area contributed by atoms with Gasteiger partial charge >= 0.3 is 0 Å². The topological polar surface area (TPSA) is 95.8 Å². The lowest BCUT2D eigenvalue weighted by Crippen LogP contribution is -2.60. The molecule has 3 aliphatic heterocycles. The summed E-state index contributed by atoms with van der Waals surface area (Å²) in [7, 11) is 0. The molecule has 0 aliphatic carbocycles. The Balaban J connectivity index is 1.48. The van der Waals surface area contributed by atoms with Crippen molar-refractivity contribution >= 4 is 17.7 Å². The summed E-state index contributed by atoms with van der Waals surface area (Å²) in [5.74, 6) is 2.58. The Bertz CT molecular complexity index is 957. The van der Waals surface area contributed by atoms with Crippen molar-refractivity contribution in [2.45, 2.75) is 98.1 Å². The molecule has 1 aromatic heterocycles. The number of likely N-dealkylation sites (tertiary alicyclic amines) is 1. The summed E-state index contributed by atoms with van der Waals surface area (Å²) in [6.07, 6.45) is 6.19. The summed E-state index contributed by atoms with van der Waals surface area (Å²) < 4.78 is 5.42. The van der Waals surface area contributed by atoms with Crippen molar-refractivity contribution < 1.29 is 18.9 Å². The molecule has 8 heteroatoms. The highest BCUT2D eigenvalue weighted by atomic mass is 16.5. The minimum absolute atomic E-state index is 0.0646. The first-order valence-electron chi connectivity index (χ1n) is 14.4. The number of hydrogen-bond donors (Lipinski definition) is 1. The van der Waals surface area contributed by atoms with E-state index in [1.165, 1.54) is 0 Å². The molecule has 3 saturated heterocycles. The largest absolute Gasteiger partial charge is 0.361 e. The second kappa shape index (κ2) is 12.0. The monoisotopic (exact) mass is 514 g/mol. The molecule has 2 bridgehead atoms. The SMILES string of the molecule is CC(C)Cc1cc(C(=O)N2C[C@@H]3C[C@@H](C2)[C@@H]2CCCC(=O)N[C@H](C(C)C)CC[C@@H](C)CC(=O)N2C3)no1. The molecule has 37 heavy (non-hydrogen) atoms. The fourth-order valence-corrected chi connectivity index (χ4v) is 6.55. The van der Waals surface area contributed by atoms with Crippen LogP contribution in [-0.4, -0.2) is 64.4 Å². The van der Waals surface area contributed by atoms with Gasteiger partial charge in [0.2, 0.25) is 11.8 Å². The van der Waals surface area contributed by atoms with Crippen LogP contribution in [0.5, 0.6) is 0 Å². The number of aromatic nitrogens is 1. The van der Waals surface area contributed by atoms with E-state index in [-0.39, 0.29) is 47.6 Å². The lowest BCUT2D eigenvalue weighted by molar-refractivity contribution is -0.141. The number of nitrogens with one attached hydrogen (secondary N) is 1. The van der Waals surface area contributed by atoms with Crippen LogP contribution in [-0.2, 0) is 16.0 Å². The molecule has 3 aliphatic rings. The predicted molar refractivity (Wildman–Crippen MR) is 142 cm³/mol. The van der Waals surface area contributed by atoms with E-state index in [2.05, 4.69) is 50.0 Å². The zero-order valence-corrected chi connectivity index (χ0v) is 23.4. The molecule has 4 rings (SSSR count). The minimum Gasteiger partial charge on any atom is -0.361 e. The molecule has 4 heterocycles. The van der Waals surface area contributed by atoms with Crippen LogP contribution < -0.4 is 5.32 Å². The summed E-state index contributed by atoms with van der Waals surface area (Å²) in [6, 6.07) is 2.01. The molecule has 3 fully saturated rings. The van der Waals surface area contributed by atoms with Crippen LogP contribution in [0.15, 0.2) is 10.6 Å². The number of rotatable bonds is 4. The van der Waals surface area contributed by atoms with Gasteiger partial charge in [-0.05, 0) is 61.7 Å². The summed E-state index contributed by atoms with van der Waals surface area (Å²) in [5, 5.41) is 7.32. The third kappa shape index (κ3) is 6.94. The van der Waals surface area contributed by atoms with Crippen molar-refractivity contribution in [1.29, 1.82) is 0 Å². The quantitative estimate of drug-likeness (QED) is 0.647. The smallest absolute Gasteiger partial charge is 0.276 e. The van der Waals surface area contributed by atoms with Crippen LogP contribution in [0.25, 0.3) is 0 Å². The third-order valence-corrected chi connectivity index (χ3v) is 8.51. The van der Waals surface area contributed by atoms with Crippen LogP contribution in [0.2, 0.25) is 0 Å². The summed E-state index contributed by atoms with van der Waals surface area (Å²) >= 11 is 0. The molecule has 1 aromatic rings. The molecular weight excluding hydrogens is 468 g/mol. The van der Waals surface area contributed by atoms with Gasteiger partial charge in [0, 0.05) is 57.0 Å². The van der Waals surface area contributed by atoms with Gasteiger partial charge in [0.15, 0.2) is 5.69 Å². The zero-order chi connectivity index (χ0) is 26.7. The van der Waals surface area contributed by atoms with E-state index >= 15 is 0 Å². The molecule has 0 radical (unpaired) electrons. The number of fused-ring (bicyclic) bond motifs is 4. The van der Waals surface area contributed by atoms with E-state index in [4.69, 9.17) is 4.52 Å². The molecular formula is C29H46N4O4. The molecule has 5 atom stereocenters. The molecule has 0 aromatic carbocycles. The van der Waals surface area contributed by atoms with Crippen molar-refractivity contribution in [2.75, 3.05) is 19.6 Å². The standard InChI is InChI=1S/C29H46N4O4/c1-18(2)11-23-14-25(31-37-23)29(36)32-15-21-13-22(17-32)26-7-6-8-27(34)30-24(19(3)4)10-9-20(5)12-28(35)33(26)16-21/h14,18-22,24,26H,6-13,15-17H2,1-5H3,(H,30,34)/t20-,21+,22+,24+,26+/m1/s1. The predicted octanol–water partition coefficient (Wildman–Crippen LogP) is 4.29. The van der Waals surface area contributed by atoms with E-state index in [0.717, 1.165) is 44.3 Å². The van der Waals surface area contributed by atoms with Crippen LogP contribution in [0.3, 0.4) is 0 Å². The van der Waals surface area contributed by atoms with Gasteiger partial charge in [0.05, 0.1) is 0 Å². The van der Waals surface area contributed by atoms with Crippen LogP contribution in [0, 0.1) is 29.6 Å². The number of hydrogen-bond acceptors (Lipinski definition) is 5. The maximum atomic E-state index is 13.5. The van der Waals surface area contributed by atoms with E-state index in [1.54, 1.807) is 6.07 Å². The third-order valence-electron chi connectivity index (χ3n) is 8.51. The fraction of sp³-hybridized carbons (Fsp3) is 0.793. The Labute approximate surface area is 221 Å². The molecule has 1 N–H and O–H groups in total. The van der Waals surface area contributed by atoms with Gasteiger partial charge < -0.3 is 19.6 Å². The Morgan fingerprint density at radius 3 is 2.65 bits per heavy atom. The maximum absolute atomic E-state index is 13.5. The van der Waals surface area contributed by atoms with Gasteiger partial charge in [-0.15, -0.1) is 0 Å². The van der Waals surface area contributed by atoms with Crippen molar-refractivity contribution in [1.82, 2.24) is 20.3 Å². The van der Waals surface area contributed by atoms with Crippen molar-refractivity contribution in [3.05, 3.63) is 17.5 Å². The number of carbonyl (C=O) groups is 3. The van der Waals surface area contributed by atoms with Gasteiger partial charge in [-0.25, -0.2) is 0 Å². The first kappa shape index (κ1) is 27.6. The van der Waals surface area contributed by atoms with Gasteiger partial charge in [-0.3, -0.25) is 14.4 Å². The highest BCUT2D eigenvalue weighted by Crippen LogP contribution is 2.37. The summed E-state index contributed by atoms with van der Waals surface area (Å²) in [4.78, 5) is 43.6. The van der Waals surface area contributed by atoms with E-state index < -0.39 is 0 Å². The van der Waals surface area contributed by atoms with E-state index in [9.17, 15) is 14.4 Å². The van der Waals surface area contributed by atoms with Gasteiger partial charge in [0.1, 0.15) is 5.76 Å². The Kier molecular flexibility index (Phi) is 8.96. The minimum atomic E-state index is -0.0781. The number of piperidine rings is 2. The average Bonchev–Trinajstić information content (AvgIpc) is 3.29. The zero-order valence-electron chi connectivity index (χ0n) is 23.4.